The van der Waals surface area contributed by atoms with E-state index in [-0.39, 0.29) is 18.9 Å². The second-order valence-corrected chi connectivity index (χ2v) is 5.38. The summed E-state index contributed by atoms with van der Waals surface area (Å²) in [6, 6.07) is 13.8. The van der Waals surface area contributed by atoms with Crippen molar-refractivity contribution in [1.29, 1.82) is 0 Å². The van der Waals surface area contributed by atoms with Crippen LogP contribution in [-0.4, -0.2) is 30.2 Å². The Kier molecular flexibility index (Phi) is 6.83. The molecule has 2 N–H and O–H groups in total. The second-order valence-electron chi connectivity index (χ2n) is 5.38. The van der Waals surface area contributed by atoms with E-state index in [0.29, 0.717) is 23.6 Å². The fourth-order valence-corrected chi connectivity index (χ4v) is 2.15. The molecule has 132 valence electrons. The fourth-order valence-electron chi connectivity index (χ4n) is 2.15. The van der Waals surface area contributed by atoms with Gasteiger partial charge in [0.1, 0.15) is 11.5 Å². The first kappa shape index (κ1) is 18.3. The Morgan fingerprint density at radius 1 is 1.00 bits per heavy atom. The predicted molar refractivity (Wildman–Crippen MR) is 94.1 cm³/mol. The van der Waals surface area contributed by atoms with Crippen LogP contribution in [0.15, 0.2) is 48.5 Å². The van der Waals surface area contributed by atoms with E-state index in [0.717, 1.165) is 12.2 Å². The second kappa shape index (κ2) is 9.32. The number of carbonyl (C=O) groups excluding carboxylic acids is 1. The topological polar surface area (TPSA) is 84.9 Å². The maximum Gasteiger partial charge on any atom is 0.307 e. The molecule has 0 fully saturated rings. The van der Waals surface area contributed by atoms with E-state index in [1.54, 1.807) is 48.5 Å². The lowest BCUT2D eigenvalue weighted by Crippen LogP contribution is -2.21. The SMILES string of the molecule is CCCOc1ccc(OCC(=O)Nc2ccccc2CC(=O)O)cc1. The monoisotopic (exact) mass is 343 g/mol. The van der Waals surface area contributed by atoms with Gasteiger partial charge in [-0.05, 0) is 42.3 Å². The number of hydrogen-bond acceptors (Lipinski definition) is 4. The van der Waals surface area contributed by atoms with E-state index in [9.17, 15) is 9.59 Å². The van der Waals surface area contributed by atoms with Gasteiger partial charge in [0.05, 0.1) is 13.0 Å². The molecule has 0 bridgehead atoms. The lowest BCUT2D eigenvalue weighted by molar-refractivity contribution is -0.136. The smallest absolute Gasteiger partial charge is 0.307 e. The maximum atomic E-state index is 12.0. The van der Waals surface area contributed by atoms with Gasteiger partial charge in [0, 0.05) is 5.69 Å². The highest BCUT2D eigenvalue weighted by atomic mass is 16.5. The van der Waals surface area contributed by atoms with Crippen LogP contribution in [0.3, 0.4) is 0 Å². The van der Waals surface area contributed by atoms with Gasteiger partial charge < -0.3 is 19.9 Å². The molecule has 0 heterocycles. The molecule has 6 heteroatoms. The minimum Gasteiger partial charge on any atom is -0.494 e. The molecule has 1 amide bonds. The summed E-state index contributed by atoms with van der Waals surface area (Å²) in [5, 5.41) is 11.6. The Labute approximate surface area is 146 Å². The summed E-state index contributed by atoms with van der Waals surface area (Å²) in [6.45, 7) is 2.51. The number of amides is 1. The summed E-state index contributed by atoms with van der Waals surface area (Å²) in [5.74, 6) is -0.00783. The first-order valence-electron chi connectivity index (χ1n) is 8.03. The molecule has 0 aromatic heterocycles. The predicted octanol–water partition coefficient (Wildman–Crippen LogP) is 3.12. The molecular weight excluding hydrogens is 322 g/mol. The molecule has 0 aliphatic rings. The van der Waals surface area contributed by atoms with Gasteiger partial charge in [-0.25, -0.2) is 0 Å². The molecule has 2 rings (SSSR count). The zero-order valence-corrected chi connectivity index (χ0v) is 14.0. The van der Waals surface area contributed by atoms with Crippen molar-refractivity contribution in [1.82, 2.24) is 0 Å². The number of para-hydroxylation sites is 1. The molecule has 0 radical (unpaired) electrons. The third-order valence-electron chi connectivity index (χ3n) is 3.30. The highest BCUT2D eigenvalue weighted by Crippen LogP contribution is 2.18. The number of nitrogens with one attached hydrogen (secondary N) is 1. The number of aliphatic carboxylic acids is 1. The minimum atomic E-state index is -0.955. The number of benzene rings is 2. The van der Waals surface area contributed by atoms with Crippen LogP contribution in [0.5, 0.6) is 11.5 Å². The van der Waals surface area contributed by atoms with Gasteiger partial charge in [-0.1, -0.05) is 25.1 Å². The van der Waals surface area contributed by atoms with E-state index in [4.69, 9.17) is 14.6 Å². The average Bonchev–Trinajstić information content (AvgIpc) is 2.60. The van der Waals surface area contributed by atoms with Crippen molar-refractivity contribution >= 4 is 17.6 Å². The van der Waals surface area contributed by atoms with Crippen molar-refractivity contribution in [2.24, 2.45) is 0 Å². The Bertz CT molecular complexity index is 712. The molecule has 25 heavy (non-hydrogen) atoms. The molecule has 2 aromatic carbocycles. The Hall–Kier alpha value is -3.02. The molecule has 6 nitrogen and oxygen atoms in total. The van der Waals surface area contributed by atoms with Crippen LogP contribution in [0.25, 0.3) is 0 Å². The van der Waals surface area contributed by atoms with E-state index in [2.05, 4.69) is 5.32 Å². The van der Waals surface area contributed by atoms with Crippen molar-refractivity contribution in [3.05, 3.63) is 54.1 Å². The van der Waals surface area contributed by atoms with Crippen molar-refractivity contribution in [2.75, 3.05) is 18.5 Å². The van der Waals surface area contributed by atoms with E-state index in [1.165, 1.54) is 0 Å². The van der Waals surface area contributed by atoms with E-state index < -0.39 is 5.97 Å². The van der Waals surface area contributed by atoms with Crippen LogP contribution >= 0.6 is 0 Å². The van der Waals surface area contributed by atoms with Crippen molar-refractivity contribution in [2.45, 2.75) is 19.8 Å². The number of anilines is 1. The molecule has 0 atom stereocenters. The highest BCUT2D eigenvalue weighted by Gasteiger charge is 2.10. The number of carboxylic acid groups (broad SMARTS) is 1. The summed E-state index contributed by atoms with van der Waals surface area (Å²) in [4.78, 5) is 22.9. The van der Waals surface area contributed by atoms with Gasteiger partial charge in [-0.15, -0.1) is 0 Å². The van der Waals surface area contributed by atoms with Gasteiger partial charge in [0.25, 0.3) is 5.91 Å². The Balaban J connectivity index is 1.87. The normalized spacial score (nSPS) is 10.1. The van der Waals surface area contributed by atoms with Gasteiger partial charge in [0.15, 0.2) is 6.61 Å². The van der Waals surface area contributed by atoms with Crippen LogP contribution in [0, 0.1) is 0 Å². The van der Waals surface area contributed by atoms with Crippen LogP contribution in [0.1, 0.15) is 18.9 Å². The minimum absolute atomic E-state index is 0.156. The van der Waals surface area contributed by atoms with Crippen LogP contribution < -0.4 is 14.8 Å². The molecule has 0 spiro atoms. The first-order valence-corrected chi connectivity index (χ1v) is 8.03. The Morgan fingerprint density at radius 2 is 1.64 bits per heavy atom. The van der Waals surface area contributed by atoms with Crippen LogP contribution in [0.4, 0.5) is 5.69 Å². The lowest BCUT2D eigenvalue weighted by atomic mass is 10.1. The van der Waals surface area contributed by atoms with Gasteiger partial charge in [-0.2, -0.15) is 0 Å². The summed E-state index contributed by atoms with van der Waals surface area (Å²) in [5.41, 5.74) is 1.02. The van der Waals surface area contributed by atoms with Crippen LogP contribution in [0.2, 0.25) is 0 Å². The third kappa shape index (κ3) is 6.18. The van der Waals surface area contributed by atoms with Crippen molar-refractivity contribution in [3.63, 3.8) is 0 Å². The largest absolute Gasteiger partial charge is 0.494 e. The standard InChI is InChI=1S/C19H21NO5/c1-2-11-24-15-7-9-16(10-8-15)25-13-18(21)20-17-6-4-3-5-14(17)12-19(22)23/h3-10H,2,11-13H2,1H3,(H,20,21)(H,22,23). The fraction of sp³-hybridized carbons (Fsp3) is 0.263. The van der Waals surface area contributed by atoms with Gasteiger partial charge in [0.2, 0.25) is 0 Å². The first-order chi connectivity index (χ1) is 12.1. The number of hydrogen-bond donors (Lipinski definition) is 2. The average molecular weight is 343 g/mol. The molecule has 0 aliphatic carbocycles. The molecule has 0 unspecified atom stereocenters. The van der Waals surface area contributed by atoms with Gasteiger partial charge in [-0.3, -0.25) is 9.59 Å². The summed E-state index contributed by atoms with van der Waals surface area (Å²) in [6.07, 6.45) is 0.776. The van der Waals surface area contributed by atoms with Crippen LogP contribution in [-0.2, 0) is 16.0 Å². The zero-order valence-electron chi connectivity index (χ0n) is 14.0. The van der Waals surface area contributed by atoms with E-state index in [1.807, 2.05) is 6.92 Å². The van der Waals surface area contributed by atoms with Crippen molar-refractivity contribution in [3.8, 4) is 11.5 Å². The zero-order chi connectivity index (χ0) is 18.1. The summed E-state index contributed by atoms with van der Waals surface area (Å²) < 4.78 is 10.9. The van der Waals surface area contributed by atoms with Crippen molar-refractivity contribution < 1.29 is 24.2 Å². The number of rotatable bonds is 9. The molecular formula is C19H21NO5. The lowest BCUT2D eigenvalue weighted by Gasteiger charge is -2.11. The quantitative estimate of drug-likeness (QED) is 0.731. The molecule has 0 saturated carbocycles. The molecule has 2 aromatic rings. The van der Waals surface area contributed by atoms with Gasteiger partial charge >= 0.3 is 5.97 Å². The third-order valence-corrected chi connectivity index (χ3v) is 3.30. The highest BCUT2D eigenvalue weighted by molar-refractivity contribution is 5.93. The number of carboxylic acids is 1. The number of ether oxygens (including phenoxy) is 2. The maximum absolute atomic E-state index is 12.0. The van der Waals surface area contributed by atoms with E-state index >= 15 is 0 Å². The Morgan fingerprint density at radius 3 is 2.28 bits per heavy atom. The number of carbonyl (C=O) groups is 2. The summed E-state index contributed by atoms with van der Waals surface area (Å²) >= 11 is 0. The molecule has 0 aliphatic heterocycles. The summed E-state index contributed by atoms with van der Waals surface area (Å²) in [7, 11) is 0. The molecule has 0 saturated heterocycles.